The van der Waals surface area contributed by atoms with E-state index in [0.717, 1.165) is 36.9 Å². The second-order valence-corrected chi connectivity index (χ2v) is 5.15. The molecule has 0 saturated carbocycles. The molecule has 0 aromatic carbocycles. The van der Waals surface area contributed by atoms with Crippen molar-refractivity contribution < 1.29 is 0 Å². The van der Waals surface area contributed by atoms with Crippen molar-refractivity contribution in [1.82, 2.24) is 9.97 Å². The van der Waals surface area contributed by atoms with E-state index in [0.29, 0.717) is 6.54 Å². The van der Waals surface area contributed by atoms with Crippen molar-refractivity contribution in [1.29, 1.82) is 0 Å². The van der Waals surface area contributed by atoms with E-state index in [4.69, 9.17) is 5.73 Å². The van der Waals surface area contributed by atoms with Gasteiger partial charge in [0.2, 0.25) is 5.95 Å². The Morgan fingerprint density at radius 2 is 1.94 bits per heavy atom. The molecule has 2 heterocycles. The van der Waals surface area contributed by atoms with Gasteiger partial charge in [0.15, 0.2) is 0 Å². The standard InChI is InChI=1S/C14H24N4/c1-2-3-12-5-8-18(9-6-12)14-16-10-13(4-7-15)11-17-14/h10-12H,2-9,15H2,1H3. The summed E-state index contributed by atoms with van der Waals surface area (Å²) in [6.45, 7) is 5.12. The molecule has 2 rings (SSSR count). The van der Waals surface area contributed by atoms with Crippen LogP contribution in [0.2, 0.25) is 0 Å². The molecule has 0 atom stereocenters. The molecule has 0 unspecified atom stereocenters. The maximum atomic E-state index is 5.52. The van der Waals surface area contributed by atoms with Gasteiger partial charge >= 0.3 is 0 Å². The lowest BCUT2D eigenvalue weighted by Gasteiger charge is -2.31. The minimum Gasteiger partial charge on any atom is -0.341 e. The van der Waals surface area contributed by atoms with Gasteiger partial charge < -0.3 is 10.6 Å². The summed E-state index contributed by atoms with van der Waals surface area (Å²) in [6.07, 6.45) is 9.90. The second-order valence-electron chi connectivity index (χ2n) is 5.15. The third-order valence-corrected chi connectivity index (χ3v) is 3.72. The van der Waals surface area contributed by atoms with Crippen LogP contribution in [0.5, 0.6) is 0 Å². The quantitative estimate of drug-likeness (QED) is 0.866. The summed E-state index contributed by atoms with van der Waals surface area (Å²) in [5.74, 6) is 1.79. The van der Waals surface area contributed by atoms with Gasteiger partial charge in [-0.2, -0.15) is 0 Å². The van der Waals surface area contributed by atoms with Gasteiger partial charge in [-0.1, -0.05) is 19.8 Å². The first-order valence-corrected chi connectivity index (χ1v) is 7.09. The molecule has 1 aliphatic rings. The Bertz CT molecular complexity index is 341. The van der Waals surface area contributed by atoms with Crippen LogP contribution in [0, 0.1) is 5.92 Å². The van der Waals surface area contributed by atoms with E-state index in [-0.39, 0.29) is 0 Å². The molecule has 4 heteroatoms. The molecule has 0 radical (unpaired) electrons. The molecule has 0 amide bonds. The topological polar surface area (TPSA) is 55.0 Å². The largest absolute Gasteiger partial charge is 0.341 e. The van der Waals surface area contributed by atoms with Gasteiger partial charge in [0.25, 0.3) is 0 Å². The first-order valence-electron chi connectivity index (χ1n) is 7.09. The molecule has 0 bridgehead atoms. The smallest absolute Gasteiger partial charge is 0.225 e. The molecule has 1 aromatic heterocycles. The van der Waals surface area contributed by atoms with Gasteiger partial charge in [-0.25, -0.2) is 9.97 Å². The van der Waals surface area contributed by atoms with Crippen molar-refractivity contribution in [2.45, 2.75) is 39.0 Å². The highest BCUT2D eigenvalue weighted by atomic mass is 15.2. The highest BCUT2D eigenvalue weighted by molar-refractivity contribution is 5.30. The third-order valence-electron chi connectivity index (χ3n) is 3.72. The van der Waals surface area contributed by atoms with Crippen LogP contribution in [0.1, 0.15) is 38.2 Å². The van der Waals surface area contributed by atoms with Crippen LogP contribution in [0.4, 0.5) is 5.95 Å². The molecule has 1 aromatic rings. The average Bonchev–Trinajstić information content (AvgIpc) is 2.41. The molecule has 1 saturated heterocycles. The molecule has 4 nitrogen and oxygen atoms in total. The van der Waals surface area contributed by atoms with Crippen LogP contribution in [0.25, 0.3) is 0 Å². The molecule has 0 aliphatic carbocycles. The number of hydrogen-bond donors (Lipinski definition) is 1. The summed E-state index contributed by atoms with van der Waals surface area (Å²) in [5, 5.41) is 0. The predicted molar refractivity (Wildman–Crippen MR) is 74.6 cm³/mol. The van der Waals surface area contributed by atoms with Crippen LogP contribution in [-0.2, 0) is 6.42 Å². The van der Waals surface area contributed by atoms with E-state index in [2.05, 4.69) is 21.8 Å². The van der Waals surface area contributed by atoms with Crippen molar-refractivity contribution in [2.24, 2.45) is 11.7 Å². The zero-order valence-corrected chi connectivity index (χ0v) is 11.3. The van der Waals surface area contributed by atoms with Crippen LogP contribution >= 0.6 is 0 Å². The highest BCUT2D eigenvalue weighted by Gasteiger charge is 2.19. The van der Waals surface area contributed by atoms with E-state index in [1.807, 2.05) is 12.4 Å². The lowest BCUT2D eigenvalue weighted by Crippen LogP contribution is -2.34. The average molecular weight is 248 g/mol. The Morgan fingerprint density at radius 3 is 2.50 bits per heavy atom. The molecular weight excluding hydrogens is 224 g/mol. The third kappa shape index (κ3) is 3.42. The maximum Gasteiger partial charge on any atom is 0.225 e. The van der Waals surface area contributed by atoms with Gasteiger partial charge in [-0.15, -0.1) is 0 Å². The number of hydrogen-bond acceptors (Lipinski definition) is 4. The van der Waals surface area contributed by atoms with Crippen molar-refractivity contribution in [2.75, 3.05) is 24.5 Å². The fraction of sp³-hybridized carbons (Fsp3) is 0.714. The van der Waals surface area contributed by atoms with Gasteiger partial charge in [0.1, 0.15) is 0 Å². The Balaban J connectivity index is 1.89. The Labute approximate surface area is 110 Å². The Hall–Kier alpha value is -1.16. The molecule has 0 spiro atoms. The van der Waals surface area contributed by atoms with Gasteiger partial charge in [-0.05, 0) is 37.3 Å². The summed E-state index contributed by atoms with van der Waals surface area (Å²) >= 11 is 0. The molecule has 100 valence electrons. The minimum absolute atomic E-state index is 0.658. The number of piperidine rings is 1. The zero-order chi connectivity index (χ0) is 12.8. The van der Waals surface area contributed by atoms with Crippen molar-refractivity contribution >= 4 is 5.95 Å². The Kier molecular flexibility index (Phi) is 4.93. The summed E-state index contributed by atoms with van der Waals surface area (Å²) in [6, 6.07) is 0. The number of nitrogens with two attached hydrogens (primary N) is 1. The van der Waals surface area contributed by atoms with E-state index in [9.17, 15) is 0 Å². The van der Waals surface area contributed by atoms with Crippen LogP contribution in [-0.4, -0.2) is 29.6 Å². The number of anilines is 1. The fourth-order valence-electron chi connectivity index (χ4n) is 2.64. The molecular formula is C14H24N4. The summed E-state index contributed by atoms with van der Waals surface area (Å²) in [7, 11) is 0. The number of rotatable bonds is 5. The van der Waals surface area contributed by atoms with Crippen molar-refractivity contribution in [3.8, 4) is 0 Å². The first-order chi connectivity index (χ1) is 8.83. The summed E-state index contributed by atoms with van der Waals surface area (Å²) < 4.78 is 0. The van der Waals surface area contributed by atoms with Gasteiger partial charge in [0.05, 0.1) is 0 Å². The number of nitrogens with zero attached hydrogens (tertiary/aromatic N) is 3. The molecule has 1 fully saturated rings. The van der Waals surface area contributed by atoms with E-state index < -0.39 is 0 Å². The Morgan fingerprint density at radius 1 is 1.28 bits per heavy atom. The normalized spacial score (nSPS) is 17.1. The van der Waals surface area contributed by atoms with Crippen molar-refractivity contribution in [3.05, 3.63) is 18.0 Å². The van der Waals surface area contributed by atoms with Crippen molar-refractivity contribution in [3.63, 3.8) is 0 Å². The minimum atomic E-state index is 0.658. The highest BCUT2D eigenvalue weighted by Crippen LogP contribution is 2.23. The van der Waals surface area contributed by atoms with Gasteiger partial charge in [0, 0.05) is 25.5 Å². The van der Waals surface area contributed by atoms with Gasteiger partial charge in [-0.3, -0.25) is 0 Å². The van der Waals surface area contributed by atoms with Crippen LogP contribution in [0.15, 0.2) is 12.4 Å². The van der Waals surface area contributed by atoms with E-state index in [1.165, 1.54) is 25.7 Å². The van der Waals surface area contributed by atoms with E-state index >= 15 is 0 Å². The summed E-state index contributed by atoms with van der Waals surface area (Å²) in [4.78, 5) is 11.2. The zero-order valence-electron chi connectivity index (χ0n) is 11.3. The second kappa shape index (κ2) is 6.69. The molecule has 18 heavy (non-hydrogen) atoms. The molecule has 2 N–H and O–H groups in total. The van der Waals surface area contributed by atoms with E-state index in [1.54, 1.807) is 0 Å². The maximum absolute atomic E-state index is 5.52. The fourth-order valence-corrected chi connectivity index (χ4v) is 2.64. The lowest BCUT2D eigenvalue weighted by molar-refractivity contribution is 0.376. The first kappa shape index (κ1) is 13.3. The predicted octanol–water partition coefficient (Wildman–Crippen LogP) is 1.99. The number of aromatic nitrogens is 2. The van der Waals surface area contributed by atoms with Crippen LogP contribution < -0.4 is 10.6 Å². The lowest BCUT2D eigenvalue weighted by atomic mass is 9.93. The summed E-state index contributed by atoms with van der Waals surface area (Å²) in [5.41, 5.74) is 6.65. The SMILES string of the molecule is CCCC1CCN(c2ncc(CCN)cn2)CC1. The van der Waals surface area contributed by atoms with Crippen LogP contribution in [0.3, 0.4) is 0 Å². The monoisotopic (exact) mass is 248 g/mol. The molecule has 1 aliphatic heterocycles.